The molecule has 1 aromatic rings. The lowest BCUT2D eigenvalue weighted by Gasteiger charge is -2.14. The highest BCUT2D eigenvalue weighted by Crippen LogP contribution is 2.47. The minimum absolute atomic E-state index is 0.339. The van der Waals surface area contributed by atoms with Crippen LogP contribution in [-0.4, -0.2) is 24.8 Å². The Balaban J connectivity index is 1.59. The third-order valence-corrected chi connectivity index (χ3v) is 4.00. The van der Waals surface area contributed by atoms with Crippen LogP contribution in [0.15, 0.2) is 16.8 Å². The first kappa shape index (κ1) is 11.1. The summed E-state index contributed by atoms with van der Waals surface area (Å²) >= 11 is 1.76. The van der Waals surface area contributed by atoms with Gasteiger partial charge in [0.05, 0.1) is 0 Å². The van der Waals surface area contributed by atoms with Crippen LogP contribution in [-0.2, 0) is 6.42 Å². The van der Waals surface area contributed by atoms with Gasteiger partial charge in [0, 0.05) is 13.2 Å². The topological polar surface area (TPSA) is 32.3 Å². The standard InChI is InChI=1S/C12H19NOS/c14-7-5-12(3-4-12)10-13-6-1-11-2-8-15-9-11/h2,8-9,13-14H,1,3-7,10H2. The summed E-state index contributed by atoms with van der Waals surface area (Å²) in [6.45, 7) is 2.48. The van der Waals surface area contributed by atoms with Crippen LogP contribution in [0.25, 0.3) is 0 Å². The van der Waals surface area contributed by atoms with E-state index in [1.165, 1.54) is 18.4 Å². The second-order valence-corrected chi connectivity index (χ2v) is 5.31. The zero-order chi connectivity index (χ0) is 10.6. The molecule has 0 spiro atoms. The number of aliphatic hydroxyl groups excluding tert-OH is 1. The van der Waals surface area contributed by atoms with E-state index in [0.717, 1.165) is 25.9 Å². The van der Waals surface area contributed by atoms with Crippen molar-refractivity contribution in [1.29, 1.82) is 0 Å². The van der Waals surface area contributed by atoms with Gasteiger partial charge < -0.3 is 10.4 Å². The zero-order valence-electron chi connectivity index (χ0n) is 9.04. The minimum atomic E-state index is 0.339. The van der Waals surface area contributed by atoms with Crippen molar-refractivity contribution < 1.29 is 5.11 Å². The molecule has 0 aromatic carbocycles. The summed E-state index contributed by atoms with van der Waals surface area (Å²) in [4.78, 5) is 0. The number of rotatable bonds is 7. The molecule has 0 unspecified atom stereocenters. The summed E-state index contributed by atoms with van der Waals surface area (Å²) < 4.78 is 0. The summed E-state index contributed by atoms with van der Waals surface area (Å²) in [6.07, 6.45) is 4.68. The van der Waals surface area contributed by atoms with Gasteiger partial charge in [0.25, 0.3) is 0 Å². The molecule has 0 saturated heterocycles. The lowest BCUT2D eigenvalue weighted by Crippen LogP contribution is -2.26. The van der Waals surface area contributed by atoms with E-state index in [0.29, 0.717) is 12.0 Å². The van der Waals surface area contributed by atoms with Crippen molar-refractivity contribution in [3.05, 3.63) is 22.4 Å². The lowest BCUT2D eigenvalue weighted by atomic mass is 10.0. The van der Waals surface area contributed by atoms with Gasteiger partial charge in [0.15, 0.2) is 0 Å². The van der Waals surface area contributed by atoms with Gasteiger partial charge in [0.1, 0.15) is 0 Å². The second-order valence-electron chi connectivity index (χ2n) is 4.53. The Morgan fingerprint density at radius 3 is 2.93 bits per heavy atom. The normalized spacial score (nSPS) is 17.9. The van der Waals surface area contributed by atoms with Crippen LogP contribution in [0.4, 0.5) is 0 Å². The Morgan fingerprint density at radius 2 is 2.33 bits per heavy atom. The Labute approximate surface area is 95.3 Å². The number of hydrogen-bond acceptors (Lipinski definition) is 3. The van der Waals surface area contributed by atoms with E-state index < -0.39 is 0 Å². The van der Waals surface area contributed by atoms with Crippen molar-refractivity contribution in [1.82, 2.24) is 5.32 Å². The quantitative estimate of drug-likeness (QED) is 0.696. The largest absolute Gasteiger partial charge is 0.396 e. The molecule has 1 aliphatic carbocycles. The Hall–Kier alpha value is -0.380. The van der Waals surface area contributed by atoms with E-state index in [9.17, 15) is 0 Å². The van der Waals surface area contributed by atoms with Crippen molar-refractivity contribution in [3.8, 4) is 0 Å². The maximum absolute atomic E-state index is 8.92. The van der Waals surface area contributed by atoms with Gasteiger partial charge in [-0.15, -0.1) is 0 Å². The molecule has 0 amide bonds. The van der Waals surface area contributed by atoms with Crippen molar-refractivity contribution in [2.24, 2.45) is 5.41 Å². The van der Waals surface area contributed by atoms with E-state index >= 15 is 0 Å². The van der Waals surface area contributed by atoms with Crippen molar-refractivity contribution in [3.63, 3.8) is 0 Å². The number of aliphatic hydroxyl groups is 1. The third kappa shape index (κ3) is 3.30. The molecule has 2 rings (SSSR count). The van der Waals surface area contributed by atoms with Crippen molar-refractivity contribution >= 4 is 11.3 Å². The molecule has 1 aromatic heterocycles. The maximum Gasteiger partial charge on any atom is 0.0436 e. The molecule has 1 fully saturated rings. The van der Waals surface area contributed by atoms with Crippen molar-refractivity contribution in [2.45, 2.75) is 25.7 Å². The summed E-state index contributed by atoms with van der Waals surface area (Å²) in [7, 11) is 0. The molecule has 0 radical (unpaired) electrons. The van der Waals surface area contributed by atoms with Gasteiger partial charge in [-0.25, -0.2) is 0 Å². The van der Waals surface area contributed by atoms with E-state index in [-0.39, 0.29) is 0 Å². The van der Waals surface area contributed by atoms with Gasteiger partial charge in [-0.2, -0.15) is 11.3 Å². The van der Waals surface area contributed by atoms with Crippen LogP contribution >= 0.6 is 11.3 Å². The van der Waals surface area contributed by atoms with Crippen LogP contribution in [0.5, 0.6) is 0 Å². The number of hydrogen-bond donors (Lipinski definition) is 2. The Kier molecular flexibility index (Phi) is 3.78. The van der Waals surface area contributed by atoms with Gasteiger partial charge in [-0.1, -0.05) is 0 Å². The highest BCUT2D eigenvalue weighted by molar-refractivity contribution is 7.07. The smallest absolute Gasteiger partial charge is 0.0436 e. The molecule has 1 heterocycles. The molecule has 3 heteroatoms. The van der Waals surface area contributed by atoms with E-state index in [4.69, 9.17) is 5.11 Å². The van der Waals surface area contributed by atoms with Crippen LogP contribution in [0.3, 0.4) is 0 Å². The van der Waals surface area contributed by atoms with Crippen molar-refractivity contribution in [2.75, 3.05) is 19.7 Å². The van der Waals surface area contributed by atoms with Gasteiger partial charge in [-0.05, 0) is 60.0 Å². The van der Waals surface area contributed by atoms with E-state index in [1.54, 1.807) is 11.3 Å². The van der Waals surface area contributed by atoms with Crippen LogP contribution < -0.4 is 5.32 Å². The Bertz CT molecular complexity index is 280. The summed E-state index contributed by atoms with van der Waals surface area (Å²) in [5, 5.41) is 16.8. The van der Waals surface area contributed by atoms with Gasteiger partial charge in [0.2, 0.25) is 0 Å². The molecule has 2 N–H and O–H groups in total. The minimum Gasteiger partial charge on any atom is -0.396 e. The van der Waals surface area contributed by atoms with Crippen LogP contribution in [0, 0.1) is 5.41 Å². The molecule has 0 aliphatic heterocycles. The first-order valence-corrected chi connectivity index (χ1v) is 6.62. The van der Waals surface area contributed by atoms with E-state index in [1.807, 2.05) is 0 Å². The van der Waals surface area contributed by atoms with E-state index in [2.05, 4.69) is 22.1 Å². The zero-order valence-corrected chi connectivity index (χ0v) is 9.85. The summed E-state index contributed by atoms with van der Waals surface area (Å²) in [5.74, 6) is 0. The molecular weight excluding hydrogens is 206 g/mol. The summed E-state index contributed by atoms with van der Waals surface area (Å²) in [5.41, 5.74) is 1.88. The van der Waals surface area contributed by atoms with Crippen LogP contribution in [0.1, 0.15) is 24.8 Å². The molecule has 15 heavy (non-hydrogen) atoms. The lowest BCUT2D eigenvalue weighted by molar-refractivity contribution is 0.245. The summed E-state index contributed by atoms with van der Waals surface area (Å²) in [6, 6.07) is 2.19. The highest BCUT2D eigenvalue weighted by Gasteiger charge is 2.41. The molecule has 1 aliphatic rings. The number of thiophene rings is 1. The fraction of sp³-hybridized carbons (Fsp3) is 0.667. The SMILES string of the molecule is OCCC1(CNCCc2ccsc2)CC1. The predicted molar refractivity (Wildman–Crippen MR) is 64.3 cm³/mol. The maximum atomic E-state index is 8.92. The average Bonchev–Trinajstić information content (AvgIpc) is 2.80. The predicted octanol–water partition coefficient (Wildman–Crippen LogP) is 2.04. The number of nitrogens with one attached hydrogen (secondary N) is 1. The molecular formula is C12H19NOS. The fourth-order valence-corrected chi connectivity index (χ4v) is 2.65. The fourth-order valence-electron chi connectivity index (χ4n) is 1.95. The Morgan fingerprint density at radius 1 is 1.47 bits per heavy atom. The monoisotopic (exact) mass is 225 g/mol. The van der Waals surface area contributed by atoms with Crippen LogP contribution in [0.2, 0.25) is 0 Å². The molecule has 84 valence electrons. The molecule has 0 bridgehead atoms. The molecule has 0 atom stereocenters. The van der Waals surface area contributed by atoms with Gasteiger partial charge >= 0.3 is 0 Å². The average molecular weight is 225 g/mol. The van der Waals surface area contributed by atoms with Gasteiger partial charge in [-0.3, -0.25) is 0 Å². The first-order valence-electron chi connectivity index (χ1n) is 5.67. The third-order valence-electron chi connectivity index (χ3n) is 3.27. The first-order chi connectivity index (χ1) is 7.35. The second kappa shape index (κ2) is 5.10. The molecule has 1 saturated carbocycles. The highest BCUT2D eigenvalue weighted by atomic mass is 32.1. The molecule has 2 nitrogen and oxygen atoms in total.